The molecule has 6 nitrogen and oxygen atoms in total. The first-order chi connectivity index (χ1) is 24.1. The fourth-order valence-corrected chi connectivity index (χ4v) is 12.7. The van der Waals surface area contributed by atoms with Gasteiger partial charge in [0.05, 0.1) is 71.2 Å². The fourth-order valence-electron chi connectivity index (χ4n) is 7.19. The van der Waals surface area contributed by atoms with Crippen molar-refractivity contribution in [3.63, 3.8) is 0 Å². The van der Waals surface area contributed by atoms with Crippen molar-refractivity contribution in [1.29, 1.82) is 0 Å². The second-order valence-corrected chi connectivity index (χ2v) is 19.1. The Kier molecular flexibility index (Phi) is 20.1. The van der Waals surface area contributed by atoms with Crippen LogP contribution in [0.15, 0.2) is 54.6 Å². The van der Waals surface area contributed by atoms with E-state index < -0.39 is 0 Å². The molecule has 0 bridgehead atoms. The van der Waals surface area contributed by atoms with Crippen LogP contribution in [-0.4, -0.2) is 71.2 Å². The van der Waals surface area contributed by atoms with Gasteiger partial charge in [-0.15, -0.1) is 0 Å². The minimum atomic E-state index is -0.356. The highest BCUT2D eigenvalue weighted by Gasteiger charge is 2.13. The van der Waals surface area contributed by atoms with E-state index in [1.807, 2.05) is 18.2 Å². The molecule has 0 amide bonds. The summed E-state index contributed by atoms with van der Waals surface area (Å²) in [4.78, 5) is 0. The lowest BCUT2D eigenvalue weighted by atomic mass is 9.90. The quantitative estimate of drug-likeness (QED) is 0.0703. The topological polar surface area (TPSA) is 55.4 Å². The van der Waals surface area contributed by atoms with Crippen LogP contribution in [0.25, 0.3) is 0 Å². The van der Waals surface area contributed by atoms with Crippen molar-refractivity contribution in [2.45, 2.75) is 95.2 Å². The first-order valence-electron chi connectivity index (χ1n) is 18.7. The van der Waals surface area contributed by atoms with Crippen LogP contribution in [0.3, 0.4) is 0 Å². The molecular formula is C40H64O6Si3. The van der Waals surface area contributed by atoms with Gasteiger partial charge in [0.25, 0.3) is 0 Å². The monoisotopic (exact) mass is 724 g/mol. The van der Waals surface area contributed by atoms with Gasteiger partial charge in [-0.2, -0.15) is 0 Å². The van der Waals surface area contributed by atoms with Crippen molar-refractivity contribution in [1.82, 2.24) is 0 Å². The van der Waals surface area contributed by atoms with Gasteiger partial charge in [0.2, 0.25) is 0 Å². The van der Waals surface area contributed by atoms with Gasteiger partial charge in [-0.1, -0.05) is 132 Å². The summed E-state index contributed by atoms with van der Waals surface area (Å²) in [6, 6.07) is 23.0. The molecule has 0 aliphatic carbocycles. The van der Waals surface area contributed by atoms with Crippen molar-refractivity contribution in [3.05, 3.63) is 54.6 Å². The van der Waals surface area contributed by atoms with E-state index in [1.54, 1.807) is 42.7 Å². The van der Waals surface area contributed by atoms with Gasteiger partial charge >= 0.3 is 0 Å². The first kappa shape index (κ1) is 40.5. The van der Waals surface area contributed by atoms with Crippen LogP contribution in [0.2, 0.25) is 18.1 Å². The molecule has 9 heteroatoms. The molecule has 0 atom stereocenters. The summed E-state index contributed by atoms with van der Waals surface area (Å²) in [6.45, 7) is 0. The van der Waals surface area contributed by atoms with Crippen molar-refractivity contribution in [3.8, 4) is 34.5 Å². The van der Waals surface area contributed by atoms with E-state index in [0.717, 1.165) is 40.4 Å². The molecule has 0 aromatic heterocycles. The van der Waals surface area contributed by atoms with E-state index in [-0.39, 0.29) is 28.6 Å². The van der Waals surface area contributed by atoms with E-state index in [0.29, 0.717) is 0 Å². The van der Waals surface area contributed by atoms with Crippen LogP contribution in [0.1, 0.15) is 77.0 Å². The standard InChI is InChI=1S/C40H64O6Si3/c1-41-32-22-16-25-35(38(32)44-4)47-28-13-7-10-19-31(20-11-8-14-29-48-36-26-17-23-33(42-2)39(36)45-5)21-12-9-15-30-49-37-27-18-24-34(43-3)40(37)46-6/h16-18,22-27,31H,7-15,19-21,28-30,47-49H2,1-6H3. The van der Waals surface area contributed by atoms with Crippen LogP contribution in [0.5, 0.6) is 34.5 Å². The summed E-state index contributed by atoms with van der Waals surface area (Å²) in [7, 11) is 9.38. The minimum absolute atomic E-state index is 0.356. The number of hydrogen-bond acceptors (Lipinski definition) is 6. The largest absolute Gasteiger partial charge is 0.493 e. The normalized spacial score (nSPS) is 12.4. The maximum atomic E-state index is 5.68. The van der Waals surface area contributed by atoms with Gasteiger partial charge in [-0.05, 0) is 39.7 Å². The third-order valence-corrected chi connectivity index (χ3v) is 15.7. The van der Waals surface area contributed by atoms with E-state index >= 15 is 0 Å². The minimum Gasteiger partial charge on any atom is -0.493 e. The molecule has 0 saturated heterocycles. The lowest BCUT2D eigenvalue weighted by Crippen LogP contribution is -2.17. The maximum Gasteiger partial charge on any atom is 0.160 e. The average Bonchev–Trinajstić information content (AvgIpc) is 3.14. The van der Waals surface area contributed by atoms with Crippen LogP contribution in [-0.2, 0) is 0 Å². The van der Waals surface area contributed by atoms with Gasteiger partial charge in [-0.25, -0.2) is 0 Å². The Morgan fingerprint density at radius 3 is 0.959 bits per heavy atom. The van der Waals surface area contributed by atoms with Gasteiger partial charge in [-0.3, -0.25) is 0 Å². The molecule has 0 aliphatic rings. The lowest BCUT2D eigenvalue weighted by Gasteiger charge is -2.17. The number of hydrogen-bond donors (Lipinski definition) is 0. The zero-order valence-corrected chi connectivity index (χ0v) is 35.7. The molecule has 49 heavy (non-hydrogen) atoms. The molecule has 0 spiro atoms. The highest BCUT2D eigenvalue weighted by Crippen LogP contribution is 2.27. The van der Waals surface area contributed by atoms with Crippen molar-refractivity contribution >= 4 is 44.1 Å². The Morgan fingerprint density at radius 2 is 0.694 bits per heavy atom. The summed E-state index contributed by atoms with van der Waals surface area (Å²) in [6.07, 6.45) is 16.3. The summed E-state index contributed by atoms with van der Waals surface area (Å²) >= 11 is 0. The highest BCUT2D eigenvalue weighted by atomic mass is 28.2. The molecule has 3 aromatic carbocycles. The predicted octanol–water partition coefficient (Wildman–Crippen LogP) is 6.07. The predicted molar refractivity (Wildman–Crippen MR) is 216 cm³/mol. The summed E-state index contributed by atoms with van der Waals surface area (Å²) in [5.41, 5.74) is 0. The van der Waals surface area contributed by atoms with E-state index in [2.05, 4.69) is 36.4 Å². The Hall–Kier alpha value is -2.89. The molecule has 0 aliphatic heterocycles. The van der Waals surface area contributed by atoms with Gasteiger partial charge in [0, 0.05) is 0 Å². The fraction of sp³-hybridized carbons (Fsp3) is 0.550. The molecule has 0 unspecified atom stereocenters. The molecule has 3 rings (SSSR count). The smallest absolute Gasteiger partial charge is 0.160 e. The van der Waals surface area contributed by atoms with Crippen LogP contribution in [0, 0.1) is 5.92 Å². The number of unbranched alkanes of at least 4 members (excludes halogenated alkanes) is 6. The number of para-hydroxylation sites is 3. The van der Waals surface area contributed by atoms with Gasteiger partial charge in [0.15, 0.2) is 34.5 Å². The molecule has 0 fully saturated rings. The molecule has 3 aromatic rings. The van der Waals surface area contributed by atoms with Gasteiger partial charge < -0.3 is 28.4 Å². The summed E-state index contributed by atoms with van der Waals surface area (Å²) in [5, 5.41) is 4.17. The Labute approximate surface area is 304 Å². The number of ether oxygens (including phenoxy) is 6. The van der Waals surface area contributed by atoms with Gasteiger partial charge in [0.1, 0.15) is 0 Å². The van der Waals surface area contributed by atoms with Crippen LogP contribution in [0.4, 0.5) is 0 Å². The van der Waals surface area contributed by atoms with E-state index in [9.17, 15) is 0 Å². The molecular weight excluding hydrogens is 661 g/mol. The van der Waals surface area contributed by atoms with Crippen LogP contribution < -0.4 is 44.0 Å². The number of rotatable bonds is 27. The third kappa shape index (κ3) is 13.7. The third-order valence-electron chi connectivity index (χ3n) is 9.88. The Balaban J connectivity index is 1.40. The number of benzene rings is 3. The SMILES string of the molecule is COc1cccc([SiH2]CCCCCC(CCCCC[SiH2]c2cccc(OC)c2OC)CCCCC[SiH2]c2cccc(OC)c2OC)c1OC. The molecule has 0 radical (unpaired) electrons. The second-order valence-electron chi connectivity index (χ2n) is 13.2. The zero-order valence-electron chi connectivity index (χ0n) is 31.5. The molecule has 0 heterocycles. The molecule has 272 valence electrons. The summed E-state index contributed by atoms with van der Waals surface area (Å²) in [5.74, 6) is 6.30. The van der Waals surface area contributed by atoms with Crippen LogP contribution >= 0.6 is 0 Å². The Bertz CT molecular complexity index is 1180. The van der Waals surface area contributed by atoms with Crippen molar-refractivity contribution < 1.29 is 28.4 Å². The highest BCUT2D eigenvalue weighted by molar-refractivity contribution is 6.55. The maximum absolute atomic E-state index is 5.68. The molecule has 0 N–H and O–H groups in total. The van der Waals surface area contributed by atoms with E-state index in [4.69, 9.17) is 28.4 Å². The second kappa shape index (κ2) is 24.3. The lowest BCUT2D eigenvalue weighted by molar-refractivity contribution is 0.357. The zero-order chi connectivity index (χ0) is 35.1. The van der Waals surface area contributed by atoms with E-state index in [1.165, 1.54) is 111 Å². The van der Waals surface area contributed by atoms with Crippen molar-refractivity contribution in [2.24, 2.45) is 5.92 Å². The number of methoxy groups -OCH3 is 6. The van der Waals surface area contributed by atoms with Crippen molar-refractivity contribution in [2.75, 3.05) is 42.7 Å². The Morgan fingerprint density at radius 1 is 0.388 bits per heavy atom. The molecule has 0 saturated carbocycles. The average molecular weight is 725 g/mol. The summed E-state index contributed by atoms with van der Waals surface area (Å²) < 4.78 is 33.6. The first-order valence-corrected chi connectivity index (χ1v) is 23.8.